The smallest absolute Gasteiger partial charge is 0.252 e. The highest BCUT2D eigenvalue weighted by Gasteiger charge is 2.16. The number of hydrogen-bond acceptors (Lipinski definition) is 5. The fraction of sp³-hybridized carbons (Fsp3) is 0.364. The lowest BCUT2D eigenvalue weighted by Gasteiger charge is -2.13. The second-order valence-electron chi connectivity index (χ2n) is 4.25. The lowest BCUT2D eigenvalue weighted by atomic mass is 10.3. The van der Waals surface area contributed by atoms with Crippen molar-refractivity contribution in [1.82, 2.24) is 14.5 Å². The van der Waals surface area contributed by atoms with Crippen molar-refractivity contribution >= 4 is 20.9 Å². The summed E-state index contributed by atoms with van der Waals surface area (Å²) in [6, 6.07) is 2.03. The lowest BCUT2D eigenvalue weighted by molar-refractivity contribution is 0.376. The predicted molar refractivity (Wildman–Crippen MR) is 67.6 cm³/mol. The van der Waals surface area contributed by atoms with E-state index in [9.17, 15) is 17.6 Å². The Morgan fingerprint density at radius 1 is 1.42 bits per heavy atom. The van der Waals surface area contributed by atoms with Crippen LogP contribution in [-0.4, -0.2) is 35.9 Å². The maximum atomic E-state index is 12.8. The lowest BCUT2D eigenvalue weighted by Crippen LogP contribution is -2.25. The number of fused-ring (bicyclic) bond motifs is 1. The van der Waals surface area contributed by atoms with E-state index in [4.69, 9.17) is 0 Å². The summed E-state index contributed by atoms with van der Waals surface area (Å²) in [7, 11) is -3.59. The standard InChI is InChI=1S/C11H12FN3O3S/c1-7(5-12)15-9(16)4-3-8-6-13-11(14-10(8)15)19(2,17)18/h3-4,6-7H,5H2,1-2H3/t7-/m0/s1. The molecule has 6 nitrogen and oxygen atoms in total. The third-order valence-electron chi connectivity index (χ3n) is 2.64. The summed E-state index contributed by atoms with van der Waals surface area (Å²) in [6.45, 7) is 0.764. The molecule has 2 rings (SSSR count). The van der Waals surface area contributed by atoms with Gasteiger partial charge in [0.2, 0.25) is 15.0 Å². The average Bonchev–Trinajstić information content (AvgIpc) is 2.36. The molecular formula is C11H12FN3O3S. The number of hydrogen-bond donors (Lipinski definition) is 0. The maximum Gasteiger partial charge on any atom is 0.252 e. The normalized spacial score (nSPS) is 13.6. The minimum atomic E-state index is -3.59. The summed E-state index contributed by atoms with van der Waals surface area (Å²) in [6.07, 6.45) is 2.28. The summed E-state index contributed by atoms with van der Waals surface area (Å²) in [5.74, 6) is 0. The van der Waals surface area contributed by atoms with Crippen molar-refractivity contribution in [3.05, 3.63) is 28.7 Å². The van der Waals surface area contributed by atoms with Crippen molar-refractivity contribution in [1.29, 1.82) is 0 Å². The van der Waals surface area contributed by atoms with E-state index in [-0.39, 0.29) is 10.8 Å². The fourth-order valence-corrected chi connectivity index (χ4v) is 2.19. The Bertz CT molecular complexity index is 785. The molecule has 0 bridgehead atoms. The van der Waals surface area contributed by atoms with Gasteiger partial charge in [0.25, 0.3) is 5.56 Å². The van der Waals surface area contributed by atoms with Gasteiger partial charge in [-0.2, -0.15) is 4.98 Å². The molecule has 0 saturated carbocycles. The van der Waals surface area contributed by atoms with E-state index in [1.807, 2.05) is 0 Å². The van der Waals surface area contributed by atoms with Gasteiger partial charge in [-0.3, -0.25) is 9.36 Å². The molecule has 0 aliphatic heterocycles. The maximum absolute atomic E-state index is 12.8. The highest BCUT2D eigenvalue weighted by Crippen LogP contribution is 2.15. The summed E-state index contributed by atoms with van der Waals surface area (Å²) < 4.78 is 36.8. The molecule has 102 valence electrons. The molecule has 1 atom stereocenters. The van der Waals surface area contributed by atoms with Crippen LogP contribution in [0.5, 0.6) is 0 Å². The van der Waals surface area contributed by atoms with Crippen molar-refractivity contribution in [3.63, 3.8) is 0 Å². The Kier molecular flexibility index (Phi) is 3.36. The SMILES string of the molecule is C[C@@H](CF)n1c(=O)ccc2cnc(S(C)(=O)=O)nc21. The van der Waals surface area contributed by atoms with Crippen LogP contribution in [0.1, 0.15) is 13.0 Å². The molecule has 2 aromatic heterocycles. The fourth-order valence-electron chi connectivity index (χ4n) is 1.70. The molecule has 8 heteroatoms. The number of alkyl halides is 1. The second-order valence-corrected chi connectivity index (χ2v) is 6.16. The van der Waals surface area contributed by atoms with Crippen molar-refractivity contribution in [2.45, 2.75) is 18.1 Å². The molecule has 0 fully saturated rings. The van der Waals surface area contributed by atoms with Crippen molar-refractivity contribution in [2.75, 3.05) is 12.9 Å². The van der Waals surface area contributed by atoms with Gasteiger partial charge in [0, 0.05) is 23.9 Å². The first kappa shape index (κ1) is 13.6. The van der Waals surface area contributed by atoms with Gasteiger partial charge in [0.1, 0.15) is 12.3 Å². The van der Waals surface area contributed by atoms with Crippen LogP contribution in [-0.2, 0) is 9.84 Å². The van der Waals surface area contributed by atoms with E-state index in [0.29, 0.717) is 5.39 Å². The average molecular weight is 285 g/mol. The molecule has 0 radical (unpaired) electrons. The van der Waals surface area contributed by atoms with Gasteiger partial charge in [0.05, 0.1) is 6.04 Å². The third kappa shape index (κ3) is 2.48. The predicted octanol–water partition coefficient (Wildman–Crippen LogP) is 0.725. The number of sulfone groups is 1. The molecule has 2 heterocycles. The molecule has 2 aromatic rings. The quantitative estimate of drug-likeness (QED) is 0.776. The Morgan fingerprint density at radius 2 is 2.11 bits per heavy atom. The zero-order chi connectivity index (χ0) is 14.2. The van der Waals surface area contributed by atoms with Gasteiger partial charge in [-0.1, -0.05) is 0 Å². The topological polar surface area (TPSA) is 81.9 Å². The van der Waals surface area contributed by atoms with E-state index in [1.165, 1.54) is 25.3 Å². The zero-order valence-electron chi connectivity index (χ0n) is 10.4. The second kappa shape index (κ2) is 4.69. The van der Waals surface area contributed by atoms with Crippen molar-refractivity contribution < 1.29 is 12.8 Å². The summed E-state index contributed by atoms with van der Waals surface area (Å²) in [4.78, 5) is 19.4. The monoisotopic (exact) mass is 285 g/mol. The highest BCUT2D eigenvalue weighted by molar-refractivity contribution is 7.90. The number of nitrogens with zero attached hydrogens (tertiary/aromatic N) is 3. The van der Waals surface area contributed by atoms with Crippen LogP contribution >= 0.6 is 0 Å². The molecule has 0 N–H and O–H groups in total. The number of halogens is 1. The van der Waals surface area contributed by atoms with Crippen molar-refractivity contribution in [2.24, 2.45) is 0 Å². The van der Waals surface area contributed by atoms with E-state index in [1.54, 1.807) is 0 Å². The molecule has 0 aromatic carbocycles. The Labute approximate surface area is 108 Å². The summed E-state index contributed by atoms with van der Waals surface area (Å²) in [5.41, 5.74) is -0.316. The van der Waals surface area contributed by atoms with E-state index in [2.05, 4.69) is 9.97 Å². The Morgan fingerprint density at radius 3 is 2.68 bits per heavy atom. The van der Waals surface area contributed by atoms with Gasteiger partial charge in [-0.15, -0.1) is 0 Å². The van der Waals surface area contributed by atoms with Crippen LogP contribution in [0, 0.1) is 0 Å². The molecule has 0 amide bonds. The van der Waals surface area contributed by atoms with Crippen LogP contribution in [0.15, 0.2) is 28.3 Å². The summed E-state index contributed by atoms with van der Waals surface area (Å²) >= 11 is 0. The number of pyridine rings is 1. The van der Waals surface area contributed by atoms with Crippen molar-refractivity contribution in [3.8, 4) is 0 Å². The molecule has 0 unspecified atom stereocenters. The minimum absolute atomic E-state index is 0.119. The van der Waals surface area contributed by atoms with Gasteiger partial charge >= 0.3 is 0 Å². The molecule has 0 saturated heterocycles. The largest absolute Gasteiger partial charge is 0.287 e. The first-order valence-electron chi connectivity index (χ1n) is 5.49. The van der Waals surface area contributed by atoms with Crippen LogP contribution < -0.4 is 5.56 Å². The van der Waals surface area contributed by atoms with Gasteiger partial charge < -0.3 is 0 Å². The number of aromatic nitrogens is 3. The molecule has 0 aliphatic rings. The summed E-state index contributed by atoms with van der Waals surface area (Å²) in [5, 5.41) is 0.0951. The van der Waals surface area contributed by atoms with Crippen LogP contribution in [0.3, 0.4) is 0 Å². The number of rotatable bonds is 3. The minimum Gasteiger partial charge on any atom is -0.287 e. The van der Waals surface area contributed by atoms with Crippen LogP contribution in [0.4, 0.5) is 4.39 Å². The van der Waals surface area contributed by atoms with E-state index >= 15 is 0 Å². The zero-order valence-corrected chi connectivity index (χ0v) is 11.2. The molecule has 19 heavy (non-hydrogen) atoms. The van der Waals surface area contributed by atoms with E-state index < -0.39 is 28.1 Å². The van der Waals surface area contributed by atoms with Crippen LogP contribution in [0.2, 0.25) is 0 Å². The molecule has 0 aliphatic carbocycles. The highest BCUT2D eigenvalue weighted by atomic mass is 32.2. The third-order valence-corrected chi connectivity index (χ3v) is 3.50. The first-order valence-corrected chi connectivity index (χ1v) is 7.38. The molecular weight excluding hydrogens is 273 g/mol. The molecule has 0 spiro atoms. The van der Waals surface area contributed by atoms with E-state index in [0.717, 1.165) is 10.8 Å². The van der Waals surface area contributed by atoms with Gasteiger partial charge in [-0.25, -0.2) is 17.8 Å². The van der Waals surface area contributed by atoms with Crippen LogP contribution in [0.25, 0.3) is 11.0 Å². The Hall–Kier alpha value is -1.83. The Balaban J connectivity index is 2.86. The first-order chi connectivity index (χ1) is 8.84. The van der Waals surface area contributed by atoms with Gasteiger partial charge in [-0.05, 0) is 13.0 Å². The van der Waals surface area contributed by atoms with Gasteiger partial charge in [0.15, 0.2) is 0 Å².